The highest BCUT2D eigenvalue weighted by Crippen LogP contribution is 2.28. The van der Waals surface area contributed by atoms with Crippen molar-refractivity contribution in [2.24, 2.45) is 0 Å². The molecule has 1 atom stereocenters. The van der Waals surface area contributed by atoms with E-state index in [-0.39, 0.29) is 12.1 Å². The number of hydrogen-bond donors (Lipinski definition) is 1. The largest absolute Gasteiger partial charge is 0.330 e. The van der Waals surface area contributed by atoms with Gasteiger partial charge < -0.3 is 10.2 Å². The van der Waals surface area contributed by atoms with Crippen molar-refractivity contribution in [3.63, 3.8) is 0 Å². The fourth-order valence-corrected chi connectivity index (χ4v) is 4.02. The Morgan fingerprint density at radius 2 is 2.09 bits per heavy atom. The minimum absolute atomic E-state index is 0.0680. The number of carbonyl (C=O) groups is 1. The Morgan fingerprint density at radius 1 is 1.35 bits per heavy atom. The number of nitrogens with zero attached hydrogens (tertiary/aromatic N) is 2. The first-order valence-electron chi connectivity index (χ1n) is 8.26. The number of rotatable bonds is 4. The van der Waals surface area contributed by atoms with Gasteiger partial charge in [-0.05, 0) is 54.3 Å². The normalized spacial score (nSPS) is 17.0. The zero-order valence-corrected chi connectivity index (χ0v) is 14.3. The van der Waals surface area contributed by atoms with Gasteiger partial charge in [-0.1, -0.05) is 13.0 Å². The third-order valence-electron chi connectivity index (χ3n) is 4.55. The monoisotopic (exact) mass is 329 g/mol. The smallest absolute Gasteiger partial charge is 0.317 e. The maximum atomic E-state index is 12.5. The van der Waals surface area contributed by atoms with Crippen LogP contribution in [0.25, 0.3) is 0 Å². The van der Waals surface area contributed by atoms with Gasteiger partial charge in [-0.3, -0.25) is 4.98 Å². The quantitative estimate of drug-likeness (QED) is 0.914. The van der Waals surface area contributed by atoms with E-state index in [1.165, 1.54) is 10.4 Å². The molecule has 3 heterocycles. The molecule has 0 bridgehead atoms. The molecule has 0 aromatic carbocycles. The molecular formula is C18H23N3OS. The van der Waals surface area contributed by atoms with Gasteiger partial charge in [0.25, 0.3) is 0 Å². The highest BCUT2D eigenvalue weighted by Gasteiger charge is 2.25. The molecule has 0 aliphatic carbocycles. The summed E-state index contributed by atoms with van der Waals surface area (Å²) >= 11 is 1.70. The molecule has 5 heteroatoms. The molecule has 1 fully saturated rings. The third-order valence-corrected chi connectivity index (χ3v) is 5.54. The molecule has 3 rings (SSSR count). The van der Waals surface area contributed by atoms with Gasteiger partial charge in [-0.25, -0.2) is 4.79 Å². The average Bonchev–Trinajstić information content (AvgIpc) is 3.15. The van der Waals surface area contributed by atoms with Crippen LogP contribution in [0.15, 0.2) is 42.0 Å². The zero-order valence-electron chi connectivity index (χ0n) is 13.4. The molecule has 0 radical (unpaired) electrons. The summed E-state index contributed by atoms with van der Waals surface area (Å²) in [4.78, 5) is 19.8. The Balaban J connectivity index is 1.54. The predicted molar refractivity (Wildman–Crippen MR) is 93.7 cm³/mol. The minimum Gasteiger partial charge on any atom is -0.330 e. The molecule has 0 unspecified atom stereocenters. The minimum atomic E-state index is 0.0680. The lowest BCUT2D eigenvalue weighted by Crippen LogP contribution is -2.45. The van der Waals surface area contributed by atoms with E-state index in [2.05, 4.69) is 40.8 Å². The summed E-state index contributed by atoms with van der Waals surface area (Å²) < 4.78 is 0. The number of carbonyl (C=O) groups excluding carboxylic acids is 1. The van der Waals surface area contributed by atoms with E-state index in [4.69, 9.17) is 0 Å². The number of aromatic nitrogens is 1. The maximum Gasteiger partial charge on any atom is 0.317 e. The van der Waals surface area contributed by atoms with Crippen LogP contribution in [-0.4, -0.2) is 29.0 Å². The van der Waals surface area contributed by atoms with Crippen molar-refractivity contribution in [3.8, 4) is 0 Å². The van der Waals surface area contributed by atoms with Crippen molar-refractivity contribution in [2.75, 3.05) is 13.1 Å². The second-order valence-corrected chi connectivity index (χ2v) is 6.95. The van der Waals surface area contributed by atoms with Crippen molar-refractivity contribution < 1.29 is 4.79 Å². The van der Waals surface area contributed by atoms with E-state index in [1.807, 2.05) is 23.4 Å². The first-order valence-corrected chi connectivity index (χ1v) is 9.14. The van der Waals surface area contributed by atoms with Gasteiger partial charge in [0, 0.05) is 30.4 Å². The molecule has 0 saturated carbocycles. The van der Waals surface area contributed by atoms with Crippen molar-refractivity contribution in [1.82, 2.24) is 15.2 Å². The Bertz CT molecular complexity index is 606. The lowest BCUT2D eigenvalue weighted by atomic mass is 9.90. The number of nitrogens with one attached hydrogen (secondary N) is 1. The summed E-state index contributed by atoms with van der Waals surface area (Å²) in [7, 11) is 0. The molecule has 1 aliphatic heterocycles. The molecule has 0 spiro atoms. The average molecular weight is 329 g/mol. The van der Waals surface area contributed by atoms with Gasteiger partial charge in [-0.2, -0.15) is 0 Å². The molecule has 1 saturated heterocycles. The zero-order chi connectivity index (χ0) is 16.1. The van der Waals surface area contributed by atoms with Crippen molar-refractivity contribution in [1.29, 1.82) is 0 Å². The molecule has 2 aromatic heterocycles. The molecule has 23 heavy (non-hydrogen) atoms. The van der Waals surface area contributed by atoms with Crippen LogP contribution < -0.4 is 5.32 Å². The Hall–Kier alpha value is -1.88. The van der Waals surface area contributed by atoms with Gasteiger partial charge in [0.15, 0.2) is 0 Å². The van der Waals surface area contributed by atoms with Crippen LogP contribution in [0.3, 0.4) is 0 Å². The number of pyridine rings is 1. The van der Waals surface area contributed by atoms with E-state index in [0.717, 1.165) is 32.4 Å². The Morgan fingerprint density at radius 3 is 2.70 bits per heavy atom. The second-order valence-electron chi connectivity index (χ2n) is 5.97. The summed E-state index contributed by atoms with van der Waals surface area (Å²) in [6.45, 7) is 3.75. The van der Waals surface area contributed by atoms with Gasteiger partial charge in [-0.15, -0.1) is 11.3 Å². The SMILES string of the molecule is CC[C@H](NC(=O)N1CCC(c2ccncc2)CC1)c1cccs1. The summed E-state index contributed by atoms with van der Waals surface area (Å²) in [6.07, 6.45) is 6.66. The summed E-state index contributed by atoms with van der Waals surface area (Å²) in [5, 5.41) is 5.24. The number of amides is 2. The van der Waals surface area contributed by atoms with Crippen LogP contribution in [0.2, 0.25) is 0 Å². The van der Waals surface area contributed by atoms with Crippen LogP contribution >= 0.6 is 11.3 Å². The lowest BCUT2D eigenvalue weighted by molar-refractivity contribution is 0.177. The van der Waals surface area contributed by atoms with Gasteiger partial charge in [0.1, 0.15) is 0 Å². The first kappa shape index (κ1) is 16.0. The number of thiophene rings is 1. The number of likely N-dealkylation sites (tertiary alicyclic amines) is 1. The van der Waals surface area contributed by atoms with Crippen LogP contribution in [0, 0.1) is 0 Å². The molecule has 4 nitrogen and oxygen atoms in total. The lowest BCUT2D eigenvalue weighted by Gasteiger charge is -2.33. The van der Waals surface area contributed by atoms with Crippen LogP contribution in [0.4, 0.5) is 4.79 Å². The first-order chi connectivity index (χ1) is 11.3. The predicted octanol–water partition coefficient (Wildman–Crippen LogP) is 4.18. The van der Waals surface area contributed by atoms with Gasteiger partial charge in [0.05, 0.1) is 6.04 Å². The van der Waals surface area contributed by atoms with E-state index in [0.29, 0.717) is 5.92 Å². The van der Waals surface area contributed by atoms with E-state index in [9.17, 15) is 4.79 Å². The number of piperidine rings is 1. The molecular weight excluding hydrogens is 306 g/mol. The van der Waals surface area contributed by atoms with E-state index >= 15 is 0 Å². The fourth-order valence-electron chi connectivity index (χ4n) is 3.16. The van der Waals surface area contributed by atoms with Crippen molar-refractivity contribution in [3.05, 3.63) is 52.5 Å². The fraction of sp³-hybridized carbons (Fsp3) is 0.444. The molecule has 1 N–H and O–H groups in total. The highest BCUT2D eigenvalue weighted by molar-refractivity contribution is 7.10. The van der Waals surface area contributed by atoms with Gasteiger partial charge in [0.2, 0.25) is 0 Å². The molecule has 122 valence electrons. The summed E-state index contributed by atoms with van der Waals surface area (Å²) in [6, 6.07) is 8.50. The standard InChI is InChI=1S/C18H23N3OS/c1-2-16(17-4-3-13-23-17)20-18(22)21-11-7-15(8-12-21)14-5-9-19-10-6-14/h3-6,9-10,13,15-16H,2,7-8,11-12H2,1H3,(H,20,22)/t16-/m0/s1. The third kappa shape index (κ3) is 3.91. The Kier molecular flexibility index (Phi) is 5.28. The van der Waals surface area contributed by atoms with Crippen LogP contribution in [0.5, 0.6) is 0 Å². The summed E-state index contributed by atoms with van der Waals surface area (Å²) in [5.74, 6) is 0.543. The second kappa shape index (κ2) is 7.59. The maximum absolute atomic E-state index is 12.5. The van der Waals surface area contributed by atoms with E-state index < -0.39 is 0 Å². The van der Waals surface area contributed by atoms with Crippen LogP contribution in [-0.2, 0) is 0 Å². The summed E-state index contributed by atoms with van der Waals surface area (Å²) in [5.41, 5.74) is 1.34. The number of hydrogen-bond acceptors (Lipinski definition) is 3. The molecule has 2 amide bonds. The van der Waals surface area contributed by atoms with Gasteiger partial charge >= 0.3 is 6.03 Å². The Labute approximate surface area is 141 Å². The number of urea groups is 1. The van der Waals surface area contributed by atoms with E-state index in [1.54, 1.807) is 11.3 Å². The molecule has 1 aliphatic rings. The topological polar surface area (TPSA) is 45.2 Å². The molecule has 2 aromatic rings. The van der Waals surface area contributed by atoms with Crippen LogP contribution in [0.1, 0.15) is 48.6 Å². The van der Waals surface area contributed by atoms with Crippen molar-refractivity contribution >= 4 is 17.4 Å². The van der Waals surface area contributed by atoms with Crippen molar-refractivity contribution in [2.45, 2.75) is 38.1 Å². The highest BCUT2D eigenvalue weighted by atomic mass is 32.1.